The first kappa shape index (κ1) is 12.6. The number of nitrogens with zero attached hydrogens (tertiary/aromatic N) is 1. The molecular weight excluding hydrogens is 206 g/mol. The van der Waals surface area contributed by atoms with Gasteiger partial charge < -0.3 is 10.6 Å². The Morgan fingerprint density at radius 3 is 2.67 bits per heavy atom. The van der Waals surface area contributed by atoms with E-state index in [9.17, 15) is 0 Å². The molecule has 4 heteroatoms. The van der Waals surface area contributed by atoms with Crippen molar-refractivity contribution in [2.45, 2.75) is 39.3 Å². The van der Waals surface area contributed by atoms with E-state index >= 15 is 0 Å². The molecule has 1 unspecified atom stereocenters. The first-order valence-corrected chi connectivity index (χ1v) is 6.25. The fraction of sp³-hybridized carbons (Fsp3) is 0.727. The van der Waals surface area contributed by atoms with Gasteiger partial charge in [-0.1, -0.05) is 0 Å². The van der Waals surface area contributed by atoms with Gasteiger partial charge in [0.1, 0.15) is 5.01 Å². The number of nitrogens with one attached hydrogen (secondary N) is 2. The van der Waals surface area contributed by atoms with Crippen LogP contribution in [0, 0.1) is 0 Å². The largest absolute Gasteiger partial charge is 0.311 e. The number of thiazole rings is 1. The lowest BCUT2D eigenvalue weighted by Gasteiger charge is -2.21. The van der Waals surface area contributed by atoms with Crippen molar-refractivity contribution in [2.75, 3.05) is 13.1 Å². The van der Waals surface area contributed by atoms with Crippen molar-refractivity contribution in [3.63, 3.8) is 0 Å². The van der Waals surface area contributed by atoms with Gasteiger partial charge in [0.05, 0.1) is 6.04 Å². The fourth-order valence-corrected chi connectivity index (χ4v) is 1.93. The minimum absolute atomic E-state index is 0.200. The van der Waals surface area contributed by atoms with E-state index in [0.717, 1.165) is 18.1 Å². The highest BCUT2D eigenvalue weighted by Gasteiger charge is 2.09. The SMILES string of the molecule is CC(NCCNC(C)(C)C)c1nccs1. The summed E-state index contributed by atoms with van der Waals surface area (Å²) in [5, 5.41) is 10.1. The highest BCUT2D eigenvalue weighted by molar-refractivity contribution is 7.09. The van der Waals surface area contributed by atoms with Crippen molar-refractivity contribution >= 4 is 11.3 Å². The van der Waals surface area contributed by atoms with Gasteiger partial charge >= 0.3 is 0 Å². The molecule has 15 heavy (non-hydrogen) atoms. The first-order valence-electron chi connectivity index (χ1n) is 5.37. The van der Waals surface area contributed by atoms with Crippen LogP contribution in [0.5, 0.6) is 0 Å². The molecule has 0 saturated heterocycles. The summed E-state index contributed by atoms with van der Waals surface area (Å²) < 4.78 is 0. The van der Waals surface area contributed by atoms with Gasteiger partial charge in [-0.2, -0.15) is 0 Å². The van der Waals surface area contributed by atoms with Crippen molar-refractivity contribution in [1.29, 1.82) is 0 Å². The number of hydrogen-bond acceptors (Lipinski definition) is 4. The predicted octanol–water partition coefficient (Wildman–Crippen LogP) is 2.18. The average molecular weight is 227 g/mol. The second-order valence-corrected chi connectivity index (χ2v) is 5.65. The van der Waals surface area contributed by atoms with Gasteiger partial charge in [-0.05, 0) is 27.7 Å². The molecule has 0 bridgehead atoms. The second-order valence-electron chi connectivity index (χ2n) is 4.72. The third kappa shape index (κ3) is 5.25. The molecule has 1 aromatic rings. The molecule has 0 saturated carbocycles. The van der Waals surface area contributed by atoms with Crippen molar-refractivity contribution in [3.05, 3.63) is 16.6 Å². The molecular formula is C11H21N3S. The molecule has 1 atom stereocenters. The van der Waals surface area contributed by atoms with Crippen LogP contribution >= 0.6 is 11.3 Å². The molecule has 86 valence electrons. The molecule has 2 N–H and O–H groups in total. The van der Waals surface area contributed by atoms with E-state index in [1.807, 2.05) is 11.6 Å². The third-order valence-corrected chi connectivity index (χ3v) is 3.01. The van der Waals surface area contributed by atoms with Crippen molar-refractivity contribution in [2.24, 2.45) is 0 Å². The summed E-state index contributed by atoms with van der Waals surface area (Å²) >= 11 is 1.70. The molecule has 0 radical (unpaired) electrons. The Kier molecular flexibility index (Phi) is 4.70. The molecule has 0 spiro atoms. The van der Waals surface area contributed by atoms with E-state index in [-0.39, 0.29) is 5.54 Å². The lowest BCUT2D eigenvalue weighted by atomic mass is 10.1. The molecule has 0 fully saturated rings. The molecule has 3 nitrogen and oxygen atoms in total. The Balaban J connectivity index is 2.16. The van der Waals surface area contributed by atoms with Crippen LogP contribution in [0.25, 0.3) is 0 Å². The molecule has 1 heterocycles. The lowest BCUT2D eigenvalue weighted by Crippen LogP contribution is -2.40. The normalized spacial score (nSPS) is 14.1. The maximum absolute atomic E-state index is 4.28. The minimum atomic E-state index is 0.200. The van der Waals surface area contributed by atoms with Gasteiger partial charge in [0.2, 0.25) is 0 Å². The summed E-state index contributed by atoms with van der Waals surface area (Å²) in [6.07, 6.45) is 1.85. The van der Waals surface area contributed by atoms with E-state index in [1.54, 1.807) is 11.3 Å². The monoisotopic (exact) mass is 227 g/mol. The van der Waals surface area contributed by atoms with Crippen LogP contribution in [0.3, 0.4) is 0 Å². The van der Waals surface area contributed by atoms with Gasteiger partial charge in [0, 0.05) is 30.2 Å². The Bertz CT molecular complexity index is 264. The van der Waals surface area contributed by atoms with Gasteiger partial charge in [-0.3, -0.25) is 0 Å². The van der Waals surface area contributed by atoms with E-state index in [1.165, 1.54) is 0 Å². The summed E-state index contributed by atoms with van der Waals surface area (Å²) in [6, 6.07) is 0.353. The average Bonchev–Trinajstić information content (AvgIpc) is 2.63. The van der Waals surface area contributed by atoms with E-state index in [2.05, 4.69) is 43.3 Å². The maximum Gasteiger partial charge on any atom is 0.109 e. The van der Waals surface area contributed by atoms with Crippen LogP contribution in [0.15, 0.2) is 11.6 Å². The minimum Gasteiger partial charge on any atom is -0.311 e. The zero-order valence-corrected chi connectivity index (χ0v) is 10.8. The fourth-order valence-electron chi connectivity index (χ4n) is 1.26. The van der Waals surface area contributed by atoms with E-state index in [4.69, 9.17) is 0 Å². The van der Waals surface area contributed by atoms with Crippen LogP contribution in [0.4, 0.5) is 0 Å². The summed E-state index contributed by atoms with van der Waals surface area (Å²) in [6.45, 7) is 10.6. The van der Waals surface area contributed by atoms with Crippen LogP contribution in [-0.4, -0.2) is 23.6 Å². The molecule has 1 aromatic heterocycles. The quantitative estimate of drug-likeness (QED) is 0.757. The Hall–Kier alpha value is -0.450. The third-order valence-electron chi connectivity index (χ3n) is 2.05. The Labute approximate surface area is 96.3 Å². The molecule has 0 amide bonds. The molecule has 0 aliphatic heterocycles. The van der Waals surface area contributed by atoms with E-state index < -0.39 is 0 Å². The summed E-state index contributed by atoms with van der Waals surface area (Å²) in [4.78, 5) is 4.28. The number of aromatic nitrogens is 1. The zero-order valence-electron chi connectivity index (χ0n) is 10.0. The van der Waals surface area contributed by atoms with Crippen molar-refractivity contribution in [1.82, 2.24) is 15.6 Å². The van der Waals surface area contributed by atoms with Crippen molar-refractivity contribution < 1.29 is 0 Å². The zero-order chi connectivity index (χ0) is 11.3. The highest BCUT2D eigenvalue weighted by atomic mass is 32.1. The topological polar surface area (TPSA) is 37.0 Å². The molecule has 0 aliphatic rings. The van der Waals surface area contributed by atoms with Gasteiger partial charge in [0.25, 0.3) is 0 Å². The Morgan fingerprint density at radius 1 is 1.40 bits per heavy atom. The van der Waals surface area contributed by atoms with Gasteiger partial charge in [-0.25, -0.2) is 4.98 Å². The highest BCUT2D eigenvalue weighted by Crippen LogP contribution is 2.13. The standard InChI is InChI=1S/C11H21N3S/c1-9(10-13-7-8-15-10)12-5-6-14-11(2,3)4/h7-9,12,14H,5-6H2,1-4H3. The molecule has 0 aliphatic carbocycles. The predicted molar refractivity (Wildman–Crippen MR) is 66.3 cm³/mol. The van der Waals surface area contributed by atoms with Crippen LogP contribution in [-0.2, 0) is 0 Å². The molecule has 1 rings (SSSR count). The summed E-state index contributed by atoms with van der Waals surface area (Å²) in [7, 11) is 0. The first-order chi connectivity index (χ1) is 6.99. The second kappa shape index (κ2) is 5.58. The van der Waals surface area contributed by atoms with Crippen molar-refractivity contribution in [3.8, 4) is 0 Å². The van der Waals surface area contributed by atoms with Crippen LogP contribution < -0.4 is 10.6 Å². The van der Waals surface area contributed by atoms with Gasteiger partial charge in [-0.15, -0.1) is 11.3 Å². The van der Waals surface area contributed by atoms with E-state index in [0.29, 0.717) is 6.04 Å². The molecule has 0 aromatic carbocycles. The maximum atomic E-state index is 4.28. The smallest absolute Gasteiger partial charge is 0.109 e. The lowest BCUT2D eigenvalue weighted by molar-refractivity contribution is 0.414. The number of hydrogen-bond donors (Lipinski definition) is 2. The Morgan fingerprint density at radius 2 is 2.13 bits per heavy atom. The van der Waals surface area contributed by atoms with Crippen LogP contribution in [0.1, 0.15) is 38.7 Å². The van der Waals surface area contributed by atoms with Crippen LogP contribution in [0.2, 0.25) is 0 Å². The summed E-state index contributed by atoms with van der Waals surface area (Å²) in [5.41, 5.74) is 0.200. The van der Waals surface area contributed by atoms with Gasteiger partial charge in [0.15, 0.2) is 0 Å². The summed E-state index contributed by atoms with van der Waals surface area (Å²) in [5.74, 6) is 0. The number of rotatable bonds is 5.